The van der Waals surface area contributed by atoms with Gasteiger partial charge in [0.05, 0.1) is 5.52 Å². The maximum Gasteiger partial charge on any atom is 0.270 e. The number of ether oxygens (including phenoxy) is 1. The lowest BCUT2D eigenvalue weighted by atomic mass is 9.55. The molecule has 34 heavy (non-hydrogen) atoms. The zero-order valence-corrected chi connectivity index (χ0v) is 19.7. The second kappa shape index (κ2) is 8.83. The van der Waals surface area contributed by atoms with Crippen LogP contribution in [0.5, 0.6) is 5.75 Å². The SMILES string of the molecule is BC(B)(c1ccc2nc(CC)c(=O)[nH]c2c1F)N1C[C@H](Oc2ccc(C(=O)NC)nc2F)[C@H]1C. The summed E-state index contributed by atoms with van der Waals surface area (Å²) in [5.41, 5.74) is 0.817. The van der Waals surface area contributed by atoms with Crippen molar-refractivity contribution in [3.63, 3.8) is 0 Å². The first-order valence-corrected chi connectivity index (χ1v) is 11.1. The van der Waals surface area contributed by atoms with E-state index >= 15 is 4.39 Å². The van der Waals surface area contributed by atoms with Crippen molar-refractivity contribution in [1.29, 1.82) is 0 Å². The molecule has 1 saturated heterocycles. The number of hydrogen-bond donors (Lipinski definition) is 2. The Morgan fingerprint density at radius 2 is 2.03 bits per heavy atom. The molecule has 1 fully saturated rings. The highest BCUT2D eigenvalue weighted by Crippen LogP contribution is 2.36. The van der Waals surface area contributed by atoms with E-state index < -0.39 is 28.6 Å². The van der Waals surface area contributed by atoms with Crippen molar-refractivity contribution < 1.29 is 18.3 Å². The molecule has 2 aromatic heterocycles. The van der Waals surface area contributed by atoms with Gasteiger partial charge in [-0.15, -0.1) is 0 Å². The number of halogens is 2. The molecule has 0 unspecified atom stereocenters. The van der Waals surface area contributed by atoms with Gasteiger partial charge in [-0.1, -0.05) is 13.0 Å². The number of fused-ring (bicyclic) bond motifs is 1. The van der Waals surface area contributed by atoms with Crippen LogP contribution in [0.1, 0.15) is 35.6 Å². The summed E-state index contributed by atoms with van der Waals surface area (Å²) >= 11 is 0. The van der Waals surface area contributed by atoms with E-state index in [0.717, 1.165) is 0 Å². The van der Waals surface area contributed by atoms with E-state index in [1.165, 1.54) is 19.2 Å². The van der Waals surface area contributed by atoms with Crippen LogP contribution in [-0.2, 0) is 11.8 Å². The van der Waals surface area contributed by atoms with Gasteiger partial charge in [-0.25, -0.2) is 14.4 Å². The smallest absolute Gasteiger partial charge is 0.270 e. The van der Waals surface area contributed by atoms with Gasteiger partial charge in [0.25, 0.3) is 17.4 Å². The summed E-state index contributed by atoms with van der Waals surface area (Å²) in [6.45, 7) is 4.15. The number of likely N-dealkylation sites (tertiary alicyclic amines) is 1. The molecule has 1 aliphatic rings. The second-order valence-electron chi connectivity index (χ2n) is 8.86. The topological polar surface area (TPSA) is 100 Å². The molecule has 0 bridgehead atoms. The minimum atomic E-state index is -0.866. The second-order valence-corrected chi connectivity index (χ2v) is 8.86. The molecule has 2 atom stereocenters. The Hall–Kier alpha value is -3.27. The number of nitrogens with zero attached hydrogens (tertiary/aromatic N) is 3. The minimum absolute atomic E-state index is 0.0397. The zero-order chi connectivity index (χ0) is 24.8. The summed E-state index contributed by atoms with van der Waals surface area (Å²) in [5.74, 6) is -1.93. The highest BCUT2D eigenvalue weighted by Gasteiger charge is 2.46. The molecule has 3 aromatic rings. The summed E-state index contributed by atoms with van der Waals surface area (Å²) in [5, 5.41) is 1.65. The molecular formula is C22H25B2F2N5O3. The number of aromatic amines is 1. The highest BCUT2D eigenvalue weighted by atomic mass is 19.1. The molecule has 1 aromatic carbocycles. The lowest BCUT2D eigenvalue weighted by Gasteiger charge is -2.54. The molecule has 3 heterocycles. The van der Waals surface area contributed by atoms with Gasteiger partial charge in [0.1, 0.15) is 38.7 Å². The molecule has 0 spiro atoms. The van der Waals surface area contributed by atoms with Crippen LogP contribution in [0.4, 0.5) is 8.78 Å². The number of carbonyl (C=O) groups is 1. The van der Waals surface area contributed by atoms with Crippen molar-refractivity contribution in [2.45, 2.75) is 37.8 Å². The molecule has 2 N–H and O–H groups in total. The molecule has 1 aliphatic heterocycles. The Kier molecular flexibility index (Phi) is 6.20. The lowest BCUT2D eigenvalue weighted by Crippen LogP contribution is -2.68. The van der Waals surface area contributed by atoms with Crippen molar-refractivity contribution in [3.8, 4) is 5.75 Å². The fourth-order valence-electron chi connectivity index (χ4n) is 4.40. The Morgan fingerprint density at radius 1 is 1.29 bits per heavy atom. The summed E-state index contributed by atoms with van der Waals surface area (Å²) in [6.07, 6.45) is 0.107. The van der Waals surface area contributed by atoms with Crippen molar-refractivity contribution in [2.24, 2.45) is 0 Å². The van der Waals surface area contributed by atoms with Gasteiger partial charge >= 0.3 is 0 Å². The Morgan fingerprint density at radius 3 is 2.65 bits per heavy atom. The zero-order valence-electron chi connectivity index (χ0n) is 19.7. The molecule has 12 heteroatoms. The van der Waals surface area contributed by atoms with E-state index in [1.807, 2.05) is 34.4 Å². The monoisotopic (exact) mass is 467 g/mol. The number of pyridine rings is 1. The number of amides is 1. The highest BCUT2D eigenvalue weighted by molar-refractivity contribution is 6.39. The Bertz CT molecular complexity index is 1330. The maximum atomic E-state index is 15.5. The van der Waals surface area contributed by atoms with Gasteiger partial charge in [0, 0.05) is 19.6 Å². The van der Waals surface area contributed by atoms with Gasteiger partial charge in [-0.3, -0.25) is 14.5 Å². The first-order chi connectivity index (χ1) is 16.1. The van der Waals surface area contributed by atoms with Crippen LogP contribution in [-0.4, -0.2) is 67.2 Å². The van der Waals surface area contributed by atoms with Gasteiger partial charge in [-0.05, 0) is 42.4 Å². The van der Waals surface area contributed by atoms with Crippen LogP contribution >= 0.6 is 0 Å². The van der Waals surface area contributed by atoms with Crippen LogP contribution in [0.3, 0.4) is 0 Å². The number of benzene rings is 1. The fourth-order valence-corrected chi connectivity index (χ4v) is 4.40. The normalized spacial score (nSPS) is 18.5. The molecule has 0 aliphatic carbocycles. The van der Waals surface area contributed by atoms with E-state index in [4.69, 9.17) is 4.74 Å². The summed E-state index contributed by atoms with van der Waals surface area (Å²) < 4.78 is 35.7. The quantitative estimate of drug-likeness (QED) is 0.393. The molecule has 0 radical (unpaired) electrons. The maximum absolute atomic E-state index is 15.5. The third-order valence-corrected chi connectivity index (χ3v) is 6.55. The summed E-state index contributed by atoms with van der Waals surface area (Å²) in [6, 6.07) is 6.00. The minimum Gasteiger partial charge on any atom is -0.483 e. The number of hydrogen-bond acceptors (Lipinski definition) is 6. The van der Waals surface area contributed by atoms with Crippen molar-refractivity contribution in [1.82, 2.24) is 25.2 Å². The first-order valence-electron chi connectivity index (χ1n) is 11.1. The standard InChI is InChI=1S/C22H25B2F2N5O3/c1-4-12-21(33)30-18-13(28-12)6-5-11(17(18)25)22(23,24)31-9-16(10(31)2)34-15-8-7-14(20(32)27-3)29-19(15)26/h5-8,10,16H,4,9,23-24H2,1-3H3,(H,27,32)(H,30,33)/t10-,16+/m1/s1. The number of rotatable bonds is 6. The molecule has 176 valence electrons. The van der Waals surface area contributed by atoms with Gasteiger partial charge < -0.3 is 15.0 Å². The number of H-pyrrole nitrogens is 1. The Balaban J connectivity index is 1.55. The largest absolute Gasteiger partial charge is 0.483 e. The molecule has 1 amide bonds. The summed E-state index contributed by atoms with van der Waals surface area (Å²) in [7, 11) is 5.21. The number of aromatic nitrogens is 3. The van der Waals surface area contributed by atoms with Gasteiger partial charge in [-0.2, -0.15) is 4.39 Å². The van der Waals surface area contributed by atoms with Crippen molar-refractivity contribution in [3.05, 3.63) is 63.3 Å². The average molecular weight is 467 g/mol. The van der Waals surface area contributed by atoms with Crippen LogP contribution in [0.25, 0.3) is 11.0 Å². The predicted molar refractivity (Wildman–Crippen MR) is 129 cm³/mol. The van der Waals surface area contributed by atoms with E-state index in [9.17, 15) is 14.0 Å². The predicted octanol–water partition coefficient (Wildman–Crippen LogP) is 0.0465. The van der Waals surface area contributed by atoms with E-state index in [2.05, 4.69) is 20.3 Å². The fraction of sp³-hybridized carbons (Fsp3) is 0.364. The molecule has 4 rings (SSSR count). The van der Waals surface area contributed by atoms with Crippen molar-refractivity contribution in [2.75, 3.05) is 13.6 Å². The van der Waals surface area contributed by atoms with Crippen LogP contribution < -0.4 is 15.6 Å². The molecule has 0 saturated carbocycles. The third-order valence-electron chi connectivity index (χ3n) is 6.55. The number of nitrogens with one attached hydrogen (secondary N) is 2. The Labute approximate surface area is 196 Å². The average Bonchev–Trinajstić information content (AvgIpc) is 2.81. The first kappa shape index (κ1) is 23.9. The van der Waals surface area contributed by atoms with Crippen LogP contribution in [0, 0.1) is 11.8 Å². The van der Waals surface area contributed by atoms with Crippen molar-refractivity contribution >= 4 is 32.6 Å². The third kappa shape index (κ3) is 3.96. The van der Waals surface area contributed by atoms with Crippen LogP contribution in [0.2, 0.25) is 0 Å². The van der Waals surface area contributed by atoms with E-state index in [-0.39, 0.29) is 29.1 Å². The number of aryl methyl sites for hydroxylation is 1. The van der Waals surface area contributed by atoms with E-state index in [1.54, 1.807) is 12.1 Å². The van der Waals surface area contributed by atoms with E-state index in [0.29, 0.717) is 29.7 Å². The van der Waals surface area contributed by atoms with Gasteiger partial charge in [0.2, 0.25) is 0 Å². The summed E-state index contributed by atoms with van der Waals surface area (Å²) in [4.78, 5) is 36.4. The van der Waals surface area contributed by atoms with Gasteiger partial charge in [0.15, 0.2) is 11.6 Å². The number of carbonyl (C=O) groups excluding carboxylic acids is 1. The molecular weight excluding hydrogens is 442 g/mol. The van der Waals surface area contributed by atoms with Crippen LogP contribution in [0.15, 0.2) is 29.1 Å². The molecule has 8 nitrogen and oxygen atoms in total. The lowest BCUT2D eigenvalue weighted by molar-refractivity contribution is -0.0589.